The number of hydrogen-bond acceptors (Lipinski definition) is 5. The second-order valence-electron chi connectivity index (χ2n) is 6.90. The maximum atomic E-state index is 14.6. The van der Waals surface area contributed by atoms with Gasteiger partial charge in [-0.2, -0.15) is 0 Å². The van der Waals surface area contributed by atoms with Crippen LogP contribution in [0.5, 0.6) is 0 Å². The highest BCUT2D eigenvalue weighted by atomic mass is 35.5. The zero-order valence-corrected chi connectivity index (χ0v) is 16.5. The molecule has 0 N–H and O–H groups in total. The number of hydrogen-bond donors (Lipinski definition) is 0. The van der Waals surface area contributed by atoms with Crippen molar-refractivity contribution in [2.75, 3.05) is 49.2 Å². The van der Waals surface area contributed by atoms with E-state index < -0.39 is 6.09 Å². The van der Waals surface area contributed by atoms with Crippen molar-refractivity contribution < 1.29 is 18.7 Å². The summed E-state index contributed by atoms with van der Waals surface area (Å²) in [7, 11) is 0. The van der Waals surface area contributed by atoms with Crippen molar-refractivity contribution >= 4 is 35.3 Å². The molecule has 2 fully saturated rings. The first-order chi connectivity index (χ1) is 14.1. The Morgan fingerprint density at radius 2 is 1.93 bits per heavy atom. The summed E-state index contributed by atoms with van der Waals surface area (Å²) in [5.74, 6) is -0.360. The van der Waals surface area contributed by atoms with Crippen LogP contribution in [-0.4, -0.2) is 57.8 Å². The lowest BCUT2D eigenvalue weighted by Gasteiger charge is -2.29. The quantitative estimate of drug-likeness (QED) is 0.695. The first kappa shape index (κ1) is 19.7. The SMILES string of the molecule is O=C1O[C@@H](CN=Cc2ccc(Cl)cc2)CN1c1ccc(N2CCOCC2)c(F)c1. The lowest BCUT2D eigenvalue weighted by molar-refractivity contribution is 0.122. The van der Waals surface area contributed by atoms with Crippen molar-refractivity contribution in [1.82, 2.24) is 0 Å². The summed E-state index contributed by atoms with van der Waals surface area (Å²) in [6.45, 7) is 3.12. The summed E-state index contributed by atoms with van der Waals surface area (Å²) in [6.07, 6.45) is 0.840. The maximum Gasteiger partial charge on any atom is 0.414 e. The number of morpholine rings is 1. The van der Waals surface area contributed by atoms with E-state index in [9.17, 15) is 9.18 Å². The van der Waals surface area contributed by atoms with E-state index in [0.29, 0.717) is 55.8 Å². The fraction of sp³-hybridized carbons (Fsp3) is 0.333. The number of amides is 1. The minimum absolute atomic E-state index is 0.327. The highest BCUT2D eigenvalue weighted by Gasteiger charge is 2.32. The van der Waals surface area contributed by atoms with Crippen LogP contribution in [0.1, 0.15) is 5.56 Å². The summed E-state index contributed by atoms with van der Waals surface area (Å²) in [6, 6.07) is 12.1. The predicted octanol–water partition coefficient (Wildman–Crippen LogP) is 3.76. The summed E-state index contributed by atoms with van der Waals surface area (Å²) >= 11 is 5.86. The third-order valence-electron chi connectivity index (χ3n) is 4.89. The number of carbonyl (C=O) groups excluding carboxylic acids is 1. The smallest absolute Gasteiger partial charge is 0.414 e. The van der Waals surface area contributed by atoms with E-state index in [4.69, 9.17) is 21.1 Å². The van der Waals surface area contributed by atoms with Crippen molar-refractivity contribution in [3.8, 4) is 0 Å². The number of nitrogens with zero attached hydrogens (tertiary/aromatic N) is 3. The van der Waals surface area contributed by atoms with Gasteiger partial charge in [-0.15, -0.1) is 0 Å². The van der Waals surface area contributed by atoms with Gasteiger partial charge < -0.3 is 14.4 Å². The summed E-state index contributed by atoms with van der Waals surface area (Å²) < 4.78 is 25.3. The van der Waals surface area contributed by atoms with Crippen molar-refractivity contribution in [2.45, 2.75) is 6.10 Å². The lowest BCUT2D eigenvalue weighted by atomic mass is 10.2. The van der Waals surface area contributed by atoms with Gasteiger partial charge in [-0.3, -0.25) is 9.89 Å². The van der Waals surface area contributed by atoms with Crippen LogP contribution in [0.4, 0.5) is 20.6 Å². The van der Waals surface area contributed by atoms with E-state index in [0.717, 1.165) is 5.56 Å². The van der Waals surface area contributed by atoms with Gasteiger partial charge in [-0.25, -0.2) is 9.18 Å². The predicted molar refractivity (Wildman–Crippen MR) is 111 cm³/mol. The second-order valence-corrected chi connectivity index (χ2v) is 7.33. The molecule has 1 atom stereocenters. The van der Waals surface area contributed by atoms with E-state index >= 15 is 0 Å². The molecule has 2 aromatic carbocycles. The summed E-state index contributed by atoms with van der Waals surface area (Å²) in [4.78, 5) is 20.0. The average Bonchev–Trinajstić information content (AvgIpc) is 3.10. The zero-order valence-electron chi connectivity index (χ0n) is 15.8. The molecule has 2 heterocycles. The Morgan fingerprint density at radius 1 is 1.17 bits per heavy atom. The summed E-state index contributed by atoms with van der Waals surface area (Å²) in [5.41, 5.74) is 1.92. The average molecular weight is 418 g/mol. The Bertz CT molecular complexity index is 901. The maximum absolute atomic E-state index is 14.6. The van der Waals surface area contributed by atoms with Crippen LogP contribution in [0.3, 0.4) is 0 Å². The third-order valence-corrected chi connectivity index (χ3v) is 5.14. The van der Waals surface area contributed by atoms with Crippen molar-refractivity contribution in [3.63, 3.8) is 0 Å². The van der Waals surface area contributed by atoms with Crippen LogP contribution in [0.25, 0.3) is 0 Å². The molecule has 2 aliphatic heterocycles. The molecule has 0 bridgehead atoms. The normalized spacial score (nSPS) is 19.8. The van der Waals surface area contributed by atoms with Crippen LogP contribution in [0, 0.1) is 5.82 Å². The number of aliphatic imine (C=N–C) groups is 1. The molecular formula is C21H21ClFN3O3. The molecule has 2 saturated heterocycles. The molecule has 0 aromatic heterocycles. The highest BCUT2D eigenvalue weighted by molar-refractivity contribution is 6.30. The number of halogens is 2. The number of cyclic esters (lactones) is 1. The van der Waals surface area contributed by atoms with Gasteiger partial charge in [-0.05, 0) is 35.9 Å². The molecule has 8 heteroatoms. The minimum Gasteiger partial charge on any atom is -0.442 e. The van der Waals surface area contributed by atoms with Crippen LogP contribution in [0.15, 0.2) is 47.5 Å². The van der Waals surface area contributed by atoms with Gasteiger partial charge in [0.2, 0.25) is 0 Å². The fourth-order valence-corrected chi connectivity index (χ4v) is 3.50. The molecule has 1 amide bonds. The minimum atomic E-state index is -0.491. The number of anilines is 2. The first-order valence-electron chi connectivity index (χ1n) is 9.46. The van der Waals surface area contributed by atoms with Gasteiger partial charge >= 0.3 is 6.09 Å². The molecule has 0 radical (unpaired) electrons. The van der Waals surface area contributed by atoms with E-state index in [1.807, 2.05) is 17.0 Å². The van der Waals surface area contributed by atoms with Crippen LogP contribution >= 0.6 is 11.6 Å². The lowest BCUT2D eigenvalue weighted by Crippen LogP contribution is -2.36. The molecule has 2 aliphatic rings. The van der Waals surface area contributed by atoms with Gasteiger partial charge in [0.1, 0.15) is 11.9 Å². The van der Waals surface area contributed by atoms with E-state index in [1.165, 1.54) is 11.0 Å². The van der Waals surface area contributed by atoms with E-state index in [-0.39, 0.29) is 11.9 Å². The van der Waals surface area contributed by atoms with Crippen LogP contribution in [-0.2, 0) is 9.47 Å². The third kappa shape index (κ3) is 4.68. The molecule has 29 heavy (non-hydrogen) atoms. The van der Waals surface area contributed by atoms with Crippen LogP contribution < -0.4 is 9.80 Å². The highest BCUT2D eigenvalue weighted by Crippen LogP contribution is 2.28. The second kappa shape index (κ2) is 8.80. The number of ether oxygens (including phenoxy) is 2. The Hall–Kier alpha value is -2.64. The summed E-state index contributed by atoms with van der Waals surface area (Å²) in [5, 5.41) is 0.661. The number of carbonyl (C=O) groups is 1. The van der Waals surface area contributed by atoms with Crippen molar-refractivity contribution in [3.05, 3.63) is 58.9 Å². The molecule has 2 aromatic rings. The first-order valence-corrected chi connectivity index (χ1v) is 9.84. The Balaban J connectivity index is 1.38. The zero-order chi connectivity index (χ0) is 20.2. The fourth-order valence-electron chi connectivity index (χ4n) is 3.38. The van der Waals surface area contributed by atoms with Crippen LogP contribution in [0.2, 0.25) is 5.02 Å². The molecule has 4 rings (SSSR count). The standard InChI is InChI=1S/C21H21ClFN3O3/c22-16-3-1-15(2-4-16)12-24-13-18-14-26(21(27)29-18)17-5-6-20(19(23)11-17)25-7-9-28-10-8-25/h1-6,11-12,18H,7-10,13-14H2/t18-/m0/s1. The Kier molecular flexibility index (Phi) is 5.97. The number of benzene rings is 2. The van der Waals surface area contributed by atoms with Gasteiger partial charge in [0.25, 0.3) is 0 Å². The van der Waals surface area contributed by atoms with Crippen molar-refractivity contribution in [1.29, 1.82) is 0 Å². The van der Waals surface area contributed by atoms with Gasteiger partial charge in [-0.1, -0.05) is 23.7 Å². The monoisotopic (exact) mass is 417 g/mol. The molecule has 0 aliphatic carbocycles. The largest absolute Gasteiger partial charge is 0.442 e. The molecule has 0 spiro atoms. The van der Waals surface area contributed by atoms with Gasteiger partial charge in [0, 0.05) is 24.3 Å². The van der Waals surface area contributed by atoms with E-state index in [1.54, 1.807) is 30.5 Å². The molecular weight excluding hydrogens is 397 g/mol. The molecule has 152 valence electrons. The van der Waals surface area contributed by atoms with Crippen molar-refractivity contribution in [2.24, 2.45) is 4.99 Å². The molecule has 6 nitrogen and oxygen atoms in total. The van der Waals surface area contributed by atoms with Gasteiger partial charge in [0.15, 0.2) is 0 Å². The molecule has 0 saturated carbocycles. The van der Waals surface area contributed by atoms with Gasteiger partial charge in [0.05, 0.1) is 37.7 Å². The topological polar surface area (TPSA) is 54.4 Å². The Morgan fingerprint density at radius 3 is 2.66 bits per heavy atom. The molecule has 0 unspecified atom stereocenters. The Labute approximate surface area is 173 Å². The van der Waals surface area contributed by atoms with E-state index in [2.05, 4.69) is 4.99 Å². The number of rotatable bonds is 5.